The summed E-state index contributed by atoms with van der Waals surface area (Å²) >= 11 is -4.10. The van der Waals surface area contributed by atoms with E-state index in [1.54, 1.807) is 0 Å². The van der Waals surface area contributed by atoms with Gasteiger partial charge in [-0.2, -0.15) is 0 Å². The molecule has 0 saturated carbocycles. The van der Waals surface area contributed by atoms with Crippen molar-refractivity contribution in [1.29, 1.82) is 0 Å². The molecule has 6 heterocycles. The first kappa shape index (κ1) is 141. The average molecular weight is 2420 g/mol. The number of aliphatic hydroxyl groups excluding tert-OH is 41. The molecule has 0 amide bonds. The van der Waals surface area contributed by atoms with Gasteiger partial charge in [0.25, 0.3) is 0 Å². The van der Waals surface area contributed by atoms with Gasteiger partial charge in [0.05, 0.1) is 52.4 Å². The summed E-state index contributed by atoms with van der Waals surface area (Å²) in [6.45, 7) is -7.26. The Kier molecular flexibility index (Phi) is 63.6. The summed E-state index contributed by atoms with van der Waals surface area (Å²) in [4.78, 5) is -0.759. The molecule has 0 aromatic rings. The van der Waals surface area contributed by atoms with E-state index in [9.17, 15) is 262 Å². The molecular weight excluding hydrogens is 2290 g/mol. The third kappa shape index (κ3) is 46.2. The van der Waals surface area contributed by atoms with E-state index >= 15 is 0 Å². The number of hydrogen-bond donors (Lipinski definition) is 43. The fourth-order valence-electron chi connectivity index (χ4n) is 15.2. The summed E-state index contributed by atoms with van der Waals surface area (Å²) in [6, 6.07) is -1.73. The zero-order chi connectivity index (χ0) is 112. The van der Waals surface area contributed by atoms with E-state index in [1.807, 2.05) is 0 Å². The maximum absolute atomic E-state index is 10.8. The van der Waals surface area contributed by atoms with Crippen molar-refractivity contribution < 1.29 is 322 Å². The molecule has 48 atom stereocenters. The van der Waals surface area contributed by atoms with Gasteiger partial charge in [-0.05, 0) is 6.42 Å². The van der Waals surface area contributed by atoms with Crippen LogP contribution < -0.4 is 9.80 Å². The van der Waals surface area contributed by atoms with E-state index in [2.05, 4.69) is 25.1 Å². The quantitative estimate of drug-likeness (QED) is 0.0116. The van der Waals surface area contributed by atoms with Gasteiger partial charge in [-0.1, -0.05) is 6.92 Å². The molecule has 43 N–H and O–H groups in total. The molecule has 6 aliphatic heterocycles. The molecule has 6 saturated heterocycles. The van der Waals surface area contributed by atoms with Gasteiger partial charge in [0, 0.05) is 21.8 Å². The second kappa shape index (κ2) is 64.8. The minimum atomic E-state index is -5.35. The Morgan fingerprint density at radius 1 is 0.285 bits per heavy atom. The standard InChI is InChI=1S/C12H25NO10S.C11H23NO11S.2C11H22O11S2.2C11H22O11SSe/c1-2-7(15)11(19)12(23-24(20,21)22)9(17)4-13-3-8(16)10(18)6(13)5-14;13-3-5-9(18)6(15)1-12(5)2-7(16)11(23-24(20,21)22)10(19)8(17)4-14;2*12-1-5(14)10(18)11(22-24(19,20)21)7(16)4-23-3-6(15)9(17)8(23)2-13;2*12-1-5(14)10(18)11(22-23(19,20)21)7(16)4-24-3-6(15)9(17)8(24)2-13/h6-12,14-19H,2-5H2,1H3,(H,20,21,22);5-11,13-19H,1-4H2,(H,20,21,22);4*5-18H,1-4H2/t6-,7+,8-,9-,10-,11-,12-;5-,6-,7-,8+,9-,10-,11+;5-,6+,7+,8+,9-,10+,11+,23?;5-,6+,7+,8+,9-,10+,11-,23?;5-,6+,7+,8+,9-,10+,11+,24?;5-,6+,7+,8+,9-,10+,11-,24?/m110000/s1. The Morgan fingerprint density at radius 3 is 0.708 bits per heavy atom. The Morgan fingerprint density at radius 2 is 0.507 bits per heavy atom. The average Bonchev–Trinajstić information content (AvgIpc) is 1.70. The van der Waals surface area contributed by atoms with Gasteiger partial charge in [-0.3, -0.25) is 16.7 Å². The van der Waals surface area contributed by atoms with E-state index in [0.717, 1.165) is 0 Å². The van der Waals surface area contributed by atoms with Crippen molar-refractivity contribution in [2.45, 2.75) is 287 Å². The van der Waals surface area contributed by atoms with Crippen LogP contribution >= 0.6 is 0 Å². The number of quaternary nitrogens is 2. The van der Waals surface area contributed by atoms with Crippen molar-refractivity contribution in [3.05, 3.63) is 0 Å². The predicted molar refractivity (Wildman–Crippen MR) is 465 cm³/mol. The summed E-state index contributed by atoms with van der Waals surface area (Å²) in [7, 11) is -33.9. The fraction of sp³-hybridized carbons (Fsp3) is 1.00. The summed E-state index contributed by atoms with van der Waals surface area (Å²) in [6.07, 6.45) is -60.0. The Balaban J connectivity index is 0.000000864. The SMILES string of the molecule is CC[C@H](O)[C@@H](O)[C@H](OS(=O)(=O)[O-])[C@H](O)C[NH+]1C[C@@H](O)[C@H](O)[C@H]1CO.O=S(=O)([O-])O[C@@H]([C@H](O)[C@@H](O)CO)[C@H](O)C[S+]1C[C@@H](O)[C@H](O)[C@H]1CO.O=S(=O)([O-])O[C@@H]([C@H](O)[C@@H](O)CO)[C@H](O)C[Se+]1C[C@@H](O)[C@H](O)[C@H]1CO.O=S(=O)([O-])O[C@H]([C@H](O)[C@@H](O)CO)[C@H](O)C[NH+]1C[C@@H](O)[C@H](O)[C@H]1CO.O=S(=O)([O-])O[C@H]([C@H](O)[C@@H](O)CO)[C@H](O)C[S+]1C[C@@H](O)[C@H](O)[C@H]1CO.O=S(=O)([O-])O[C@H]([C@H](O)[C@@H](O)CO)[C@H](O)C[Se+]1C[C@@H](O)[C@H](O)[C@H]1CO. The van der Waals surface area contributed by atoms with Crippen LogP contribution in [0.25, 0.3) is 0 Å². The second-order valence-corrected chi connectivity index (χ2v) is 53.9. The van der Waals surface area contributed by atoms with Crippen LogP contribution in [0.1, 0.15) is 13.3 Å². The number of nitrogens with one attached hydrogen (secondary N) is 2. The van der Waals surface area contributed by atoms with E-state index in [1.165, 1.54) is 6.92 Å². The van der Waals surface area contributed by atoms with Crippen molar-refractivity contribution in [3.8, 4) is 0 Å². The fourth-order valence-corrected chi connectivity index (χ4v) is 34.9. The minimum absolute atomic E-state index is 0.0128. The molecule has 144 heavy (non-hydrogen) atoms. The monoisotopic (exact) mass is 2420 g/mol. The zero-order valence-electron chi connectivity index (χ0n) is 75.4. The maximum atomic E-state index is 10.8. The van der Waals surface area contributed by atoms with E-state index in [4.69, 9.17) is 25.5 Å². The normalized spacial score (nSPS) is 33.2. The van der Waals surface area contributed by atoms with Crippen molar-refractivity contribution in [2.24, 2.45) is 0 Å². The molecule has 0 radical (unpaired) electrons. The van der Waals surface area contributed by atoms with Crippen LogP contribution in [0.15, 0.2) is 0 Å². The van der Waals surface area contributed by atoms with Crippen molar-refractivity contribution >= 4 is 112 Å². The van der Waals surface area contributed by atoms with Crippen molar-refractivity contribution in [1.82, 2.24) is 0 Å². The summed E-state index contributed by atoms with van der Waals surface area (Å²) < 4.78 is 218. The molecule has 0 aromatic carbocycles. The molecule has 0 aromatic heterocycles. The Hall–Kier alpha value is -0.761. The van der Waals surface area contributed by atoms with Crippen molar-refractivity contribution in [2.75, 3.05) is 122 Å². The Labute approximate surface area is 837 Å². The molecule has 6 rings (SSSR count). The van der Waals surface area contributed by atoms with Gasteiger partial charge in [-0.15, -0.1) is 0 Å². The van der Waals surface area contributed by atoms with Crippen LogP contribution in [-0.2, 0) is 109 Å². The first-order valence-corrected chi connectivity index (χ1v) is 60.5. The van der Waals surface area contributed by atoms with Gasteiger partial charge in [-0.25, -0.2) is 33.7 Å². The van der Waals surface area contributed by atoms with E-state index < -0.39 is 443 Å². The topological polar surface area (TPSA) is 1240 Å². The first-order chi connectivity index (χ1) is 66.1. The van der Waals surface area contributed by atoms with Crippen LogP contribution in [-0.4, -0.2) is 679 Å². The summed E-state index contributed by atoms with van der Waals surface area (Å²) in [5.41, 5.74) is 0. The van der Waals surface area contributed by atoms with E-state index in [-0.39, 0.29) is 75.2 Å². The number of rotatable bonds is 54. The van der Waals surface area contributed by atoms with Gasteiger partial charge in [0.2, 0.25) is 41.6 Å². The summed E-state index contributed by atoms with van der Waals surface area (Å²) in [5, 5.41) is 390. The molecule has 6 aliphatic rings. The van der Waals surface area contributed by atoms with Crippen LogP contribution in [0.3, 0.4) is 0 Å². The molecule has 0 bridgehead atoms. The molecule has 6 unspecified atom stereocenters. The third-order valence-electron chi connectivity index (χ3n) is 22.9. The van der Waals surface area contributed by atoms with E-state index in [0.29, 0.717) is 4.90 Å². The first-order valence-electron chi connectivity index (χ1n) is 42.4. The number of aliphatic hydroxyl groups is 41. The Bertz CT molecular complexity index is 3620. The van der Waals surface area contributed by atoms with Crippen LogP contribution in [0.4, 0.5) is 0 Å². The molecule has 0 spiro atoms. The van der Waals surface area contributed by atoms with Crippen molar-refractivity contribution in [3.63, 3.8) is 0 Å². The van der Waals surface area contributed by atoms with Gasteiger partial charge >= 0.3 is 285 Å². The third-order valence-corrected chi connectivity index (χ3v) is 43.2. The zero-order valence-corrected chi connectivity index (χ0v) is 85.4. The predicted octanol–water partition coefficient (Wildman–Crippen LogP) is -32.6. The molecule has 77 heteroatoms. The number of likely N-dealkylation sites (tertiary alicyclic amines) is 2. The van der Waals surface area contributed by atoms with Crippen LogP contribution in [0, 0.1) is 0 Å². The van der Waals surface area contributed by atoms with Gasteiger partial charge in [0.15, 0.2) is 10.5 Å². The molecular formula is C67H136N2O65S8Se2. The molecule has 6 fully saturated rings. The van der Waals surface area contributed by atoms with Gasteiger partial charge in [0.1, 0.15) is 202 Å². The van der Waals surface area contributed by atoms with Crippen LogP contribution in [0.2, 0.25) is 30.9 Å². The summed E-state index contributed by atoms with van der Waals surface area (Å²) in [5.74, 6) is -0.596. The van der Waals surface area contributed by atoms with Crippen LogP contribution in [0.5, 0.6) is 0 Å². The second-order valence-electron chi connectivity index (χ2n) is 33.3. The molecule has 864 valence electrons. The van der Waals surface area contributed by atoms with Gasteiger partial charge < -0.3 is 166 Å². The molecule has 0 aliphatic carbocycles. The molecule has 67 nitrogen and oxygen atoms in total. The number of hydrogen-bond acceptors (Lipinski definition) is 65.